The Kier molecular flexibility index (Phi) is 5.93. The van der Waals surface area contributed by atoms with Gasteiger partial charge in [0.2, 0.25) is 0 Å². The van der Waals surface area contributed by atoms with Gasteiger partial charge in [0.1, 0.15) is 23.5 Å². The summed E-state index contributed by atoms with van der Waals surface area (Å²) >= 11 is 0. The first kappa shape index (κ1) is 20.7. The fourth-order valence-corrected chi connectivity index (χ4v) is 3.01. The molecule has 1 N–H and O–H groups in total. The first-order valence-electron chi connectivity index (χ1n) is 8.92. The van der Waals surface area contributed by atoms with E-state index in [0.717, 1.165) is 23.5 Å². The third kappa shape index (κ3) is 4.20. The number of halogens is 2. The summed E-state index contributed by atoms with van der Waals surface area (Å²) in [6, 6.07) is 13.4. The van der Waals surface area contributed by atoms with Gasteiger partial charge in [-0.25, -0.2) is 13.6 Å². The van der Waals surface area contributed by atoms with Crippen LogP contribution in [0.25, 0.3) is 5.69 Å². The first-order valence-corrected chi connectivity index (χ1v) is 8.92. The highest BCUT2D eigenvalue weighted by Crippen LogP contribution is 2.29. The van der Waals surface area contributed by atoms with Crippen LogP contribution < -0.4 is 5.32 Å². The summed E-state index contributed by atoms with van der Waals surface area (Å²) in [4.78, 5) is 24.4. The second-order valence-electron chi connectivity index (χ2n) is 6.50. The zero-order valence-corrected chi connectivity index (χ0v) is 16.2. The van der Waals surface area contributed by atoms with Crippen LogP contribution in [0.3, 0.4) is 0 Å². The molecule has 2 aromatic carbocycles. The fourth-order valence-electron chi connectivity index (χ4n) is 3.01. The number of nitriles is 1. The first-order chi connectivity index (χ1) is 14.3. The van der Waals surface area contributed by atoms with Crippen molar-refractivity contribution in [1.82, 2.24) is 4.57 Å². The number of hydrogen-bond acceptors (Lipinski definition) is 4. The van der Waals surface area contributed by atoms with Crippen molar-refractivity contribution >= 4 is 17.7 Å². The highest BCUT2D eigenvalue weighted by Gasteiger charge is 2.21. The van der Waals surface area contributed by atoms with Crippen molar-refractivity contribution in [2.75, 3.05) is 11.9 Å². The highest BCUT2D eigenvalue weighted by atomic mass is 19.1. The van der Waals surface area contributed by atoms with Crippen molar-refractivity contribution in [2.45, 2.75) is 13.8 Å². The molecule has 3 aromatic rings. The van der Waals surface area contributed by atoms with Gasteiger partial charge in [-0.1, -0.05) is 18.2 Å². The zero-order valence-electron chi connectivity index (χ0n) is 16.2. The Morgan fingerprint density at radius 2 is 1.73 bits per heavy atom. The minimum absolute atomic E-state index is 0.247. The molecule has 0 fully saturated rings. The minimum atomic E-state index is -1.05. The Labute approximate surface area is 171 Å². The van der Waals surface area contributed by atoms with Crippen LogP contribution in [0, 0.1) is 36.8 Å². The maximum Gasteiger partial charge on any atom is 0.338 e. The second-order valence-corrected chi connectivity index (χ2v) is 6.50. The number of esters is 1. The van der Waals surface area contributed by atoms with Gasteiger partial charge in [0.15, 0.2) is 6.61 Å². The van der Waals surface area contributed by atoms with Crippen molar-refractivity contribution in [3.63, 3.8) is 0 Å². The van der Waals surface area contributed by atoms with Gasteiger partial charge in [-0.05, 0) is 43.7 Å². The van der Waals surface area contributed by atoms with E-state index in [4.69, 9.17) is 4.74 Å². The third-order valence-corrected chi connectivity index (χ3v) is 4.53. The molecular weight excluding hydrogens is 392 g/mol. The number of carbonyl (C=O) groups is 2. The lowest BCUT2D eigenvalue weighted by atomic mass is 10.2. The fraction of sp³-hybridized carbons (Fsp3) is 0.136. The third-order valence-electron chi connectivity index (χ3n) is 4.53. The lowest BCUT2D eigenvalue weighted by molar-refractivity contribution is -0.119. The molecule has 0 aliphatic carbocycles. The van der Waals surface area contributed by atoms with Crippen LogP contribution in [-0.2, 0) is 9.53 Å². The normalized spacial score (nSPS) is 10.4. The van der Waals surface area contributed by atoms with Crippen LogP contribution in [-0.4, -0.2) is 23.1 Å². The summed E-state index contributed by atoms with van der Waals surface area (Å²) in [5, 5.41) is 12.1. The van der Waals surface area contributed by atoms with E-state index in [2.05, 4.69) is 11.4 Å². The maximum absolute atomic E-state index is 13.2. The number of anilines is 1. The molecule has 30 heavy (non-hydrogen) atoms. The van der Waals surface area contributed by atoms with Crippen LogP contribution in [0.2, 0.25) is 0 Å². The number of hydrogen-bond donors (Lipinski definition) is 1. The van der Waals surface area contributed by atoms with E-state index >= 15 is 0 Å². The van der Waals surface area contributed by atoms with E-state index in [0.29, 0.717) is 11.6 Å². The van der Waals surface area contributed by atoms with E-state index in [1.165, 1.54) is 0 Å². The van der Waals surface area contributed by atoms with Crippen LogP contribution in [0.15, 0.2) is 48.5 Å². The minimum Gasteiger partial charge on any atom is -0.452 e. The maximum atomic E-state index is 13.2. The average Bonchev–Trinajstić information content (AvgIpc) is 2.95. The number of carbonyl (C=O) groups excluding carboxylic acids is 2. The van der Waals surface area contributed by atoms with Gasteiger partial charge in [0.25, 0.3) is 5.91 Å². The molecular formula is C22H17F2N3O3. The van der Waals surface area contributed by atoms with Crippen molar-refractivity contribution in [1.29, 1.82) is 5.26 Å². The van der Waals surface area contributed by atoms with Crippen LogP contribution in [0.5, 0.6) is 0 Å². The molecule has 0 spiro atoms. The number of nitrogens with zero attached hydrogens (tertiary/aromatic N) is 2. The Hall–Kier alpha value is -3.99. The summed E-state index contributed by atoms with van der Waals surface area (Å²) in [5.41, 5.74) is 2.13. The number of aromatic nitrogens is 1. The van der Waals surface area contributed by atoms with Crippen LogP contribution >= 0.6 is 0 Å². The van der Waals surface area contributed by atoms with E-state index in [9.17, 15) is 23.6 Å². The quantitative estimate of drug-likeness (QED) is 0.645. The summed E-state index contributed by atoms with van der Waals surface area (Å²) in [6.07, 6.45) is 0. The number of nitrogens with one attached hydrogen (secondary N) is 1. The summed E-state index contributed by atoms with van der Waals surface area (Å²) in [7, 11) is 0. The molecule has 1 heterocycles. The van der Waals surface area contributed by atoms with Crippen LogP contribution in [0.1, 0.15) is 27.2 Å². The molecule has 1 aromatic heterocycles. The predicted molar refractivity (Wildman–Crippen MR) is 105 cm³/mol. The Morgan fingerprint density at radius 3 is 2.33 bits per heavy atom. The Bertz CT molecular complexity index is 1140. The van der Waals surface area contributed by atoms with Crippen molar-refractivity contribution < 1.29 is 23.1 Å². The molecule has 0 aliphatic heterocycles. The number of ether oxygens (including phenoxy) is 1. The molecule has 3 rings (SSSR count). The number of rotatable bonds is 5. The smallest absolute Gasteiger partial charge is 0.338 e. The monoisotopic (exact) mass is 409 g/mol. The van der Waals surface area contributed by atoms with Gasteiger partial charge in [-0.3, -0.25) is 9.36 Å². The molecule has 152 valence electrons. The molecule has 0 radical (unpaired) electrons. The van der Waals surface area contributed by atoms with Gasteiger partial charge in [0, 0.05) is 17.4 Å². The largest absolute Gasteiger partial charge is 0.452 e. The van der Waals surface area contributed by atoms with Gasteiger partial charge in [-0.2, -0.15) is 5.26 Å². The SMILES string of the molecule is Cc1c(C#N)c(NC(=O)COC(=O)c2cc(F)cc(F)c2)n(-c2ccccc2)c1C. The van der Waals surface area contributed by atoms with Gasteiger partial charge < -0.3 is 10.1 Å². The molecule has 0 bridgehead atoms. The molecule has 6 nitrogen and oxygen atoms in total. The summed E-state index contributed by atoms with van der Waals surface area (Å²) in [5.74, 6) is -3.37. The molecule has 0 aliphatic rings. The van der Waals surface area contributed by atoms with Crippen molar-refractivity contribution in [3.05, 3.63) is 82.5 Å². The topological polar surface area (TPSA) is 84.1 Å². The second kappa shape index (κ2) is 8.57. The Balaban J connectivity index is 1.81. The standard InChI is InChI=1S/C22H17F2N3O3/c1-13-14(2)27(18-6-4-3-5-7-18)21(19(13)11-25)26-20(28)12-30-22(29)15-8-16(23)10-17(24)9-15/h3-10H,12H2,1-2H3,(H,26,28). The molecule has 0 saturated heterocycles. The number of para-hydroxylation sites is 1. The predicted octanol–water partition coefficient (Wildman–Crippen LogP) is 4.04. The highest BCUT2D eigenvalue weighted by molar-refractivity contribution is 5.96. The number of benzene rings is 2. The summed E-state index contributed by atoms with van der Waals surface area (Å²) in [6.45, 7) is 2.89. The van der Waals surface area contributed by atoms with Gasteiger partial charge in [-0.15, -0.1) is 0 Å². The lowest BCUT2D eigenvalue weighted by Gasteiger charge is -2.13. The van der Waals surface area contributed by atoms with E-state index in [-0.39, 0.29) is 16.9 Å². The lowest BCUT2D eigenvalue weighted by Crippen LogP contribution is -2.23. The zero-order chi connectivity index (χ0) is 21.8. The molecule has 0 atom stereocenters. The molecule has 1 amide bonds. The molecule has 8 heteroatoms. The van der Waals surface area contributed by atoms with Crippen molar-refractivity contribution in [3.8, 4) is 11.8 Å². The van der Waals surface area contributed by atoms with Gasteiger partial charge in [0.05, 0.1) is 11.1 Å². The van der Waals surface area contributed by atoms with E-state index in [1.54, 1.807) is 11.5 Å². The average molecular weight is 409 g/mol. The summed E-state index contributed by atoms with van der Waals surface area (Å²) < 4.78 is 33.1. The van der Waals surface area contributed by atoms with Gasteiger partial charge >= 0.3 is 5.97 Å². The Morgan fingerprint density at radius 1 is 1.10 bits per heavy atom. The molecule has 0 unspecified atom stereocenters. The van der Waals surface area contributed by atoms with Crippen molar-refractivity contribution in [2.24, 2.45) is 0 Å². The van der Waals surface area contributed by atoms with Crippen LogP contribution in [0.4, 0.5) is 14.6 Å². The van der Waals surface area contributed by atoms with E-state index < -0.39 is 30.1 Å². The molecule has 0 saturated carbocycles. The number of amides is 1. The van der Waals surface area contributed by atoms with E-state index in [1.807, 2.05) is 37.3 Å².